The van der Waals surface area contributed by atoms with Crippen molar-refractivity contribution in [2.75, 3.05) is 14.7 Å². The third kappa shape index (κ3) is 9.91. The maximum Gasteiger partial charge on any atom is 0.252 e. The van der Waals surface area contributed by atoms with Gasteiger partial charge in [-0.1, -0.05) is 279 Å². The fraction of sp³-hybridized carbons (Fsp3) is 0. The van der Waals surface area contributed by atoms with Gasteiger partial charge in [0.05, 0.1) is 78.7 Å². The molecular formula is C102H67BN6. The van der Waals surface area contributed by atoms with E-state index in [-0.39, 0.29) is 82.7 Å². The van der Waals surface area contributed by atoms with E-state index in [4.69, 9.17) is 6.85 Å². The summed E-state index contributed by atoms with van der Waals surface area (Å²) in [4.78, 5) is 5.64. The van der Waals surface area contributed by atoms with Crippen LogP contribution in [0.25, 0.3) is 127 Å². The quantitative estimate of drug-likeness (QED) is 0.114. The highest BCUT2D eigenvalue weighted by Crippen LogP contribution is 2.53. The van der Waals surface area contributed by atoms with E-state index in [0.717, 1.165) is 22.3 Å². The molecule has 20 aromatic rings. The zero-order chi connectivity index (χ0) is 93.4. The van der Waals surface area contributed by atoms with Crippen LogP contribution in [0.2, 0.25) is 0 Å². The summed E-state index contributed by atoms with van der Waals surface area (Å²) in [6.07, 6.45) is 0. The maximum absolute atomic E-state index is 10.2. The van der Waals surface area contributed by atoms with Gasteiger partial charge in [-0.15, -0.1) is 0 Å². The van der Waals surface area contributed by atoms with Crippen LogP contribution in [0.4, 0.5) is 51.2 Å². The number of nitrogens with zero attached hydrogens (tertiary/aromatic N) is 6. The SMILES string of the molecule is [2H]c1c([2H])c([2H])c(N(c2ccccc2)c2ccc3c(c2)c2c([2H])c([2H])c([2H])c([2H])c2n3-c2ccc3c(c2)N(c2c(-c4ccccc4)cccc2-c2ccccc2)c2cc(-n4c5c([2H])c([2H])c([2H])c([2H])c5c5c([2H])c([2H])c([2H])c([2H])c54)cc4c2B3c2ccc(-n3c5c([2H])c([2H])c([2H])c([2H])c5c5c([2H])c([2H])c([2H])c([2H])c53)cc2N4c2cc(-c3ccccc3)cc(-c3ccccc3)c2)c([2H])c1[2H]. The van der Waals surface area contributed by atoms with E-state index in [1.165, 1.54) is 14.0 Å². The highest BCUT2D eigenvalue weighted by atomic mass is 15.2. The monoisotopic (exact) mass is 1410 g/mol. The van der Waals surface area contributed by atoms with Crippen LogP contribution in [-0.2, 0) is 0 Å². The van der Waals surface area contributed by atoms with Crippen LogP contribution in [0.1, 0.15) is 34.3 Å². The topological polar surface area (TPSA) is 24.5 Å². The molecule has 0 unspecified atom stereocenters. The van der Waals surface area contributed by atoms with E-state index in [0.29, 0.717) is 89.7 Å². The van der Waals surface area contributed by atoms with E-state index < -0.39 is 158 Å². The Bertz CT molecular complexity index is 8290. The first-order chi connectivity index (χ1) is 64.5. The van der Waals surface area contributed by atoms with E-state index in [9.17, 15) is 27.4 Å². The van der Waals surface area contributed by atoms with Crippen molar-refractivity contribution in [3.63, 3.8) is 0 Å². The lowest BCUT2D eigenvalue weighted by Crippen LogP contribution is -2.61. The van der Waals surface area contributed by atoms with Gasteiger partial charge in [-0.25, -0.2) is 0 Å². The van der Waals surface area contributed by atoms with E-state index >= 15 is 0 Å². The summed E-state index contributed by atoms with van der Waals surface area (Å²) in [5, 5.41) is -0.482. The molecule has 109 heavy (non-hydrogen) atoms. The van der Waals surface area contributed by atoms with Gasteiger partial charge < -0.3 is 28.4 Å². The fourth-order valence-electron chi connectivity index (χ4n) is 16.5. The number of anilines is 9. The smallest absolute Gasteiger partial charge is 0.252 e. The van der Waals surface area contributed by atoms with Crippen LogP contribution in [0.15, 0.2) is 406 Å². The molecule has 0 fully saturated rings. The van der Waals surface area contributed by atoms with Gasteiger partial charge in [0, 0.05) is 100 Å². The Kier molecular flexibility index (Phi) is 9.68. The summed E-state index contributed by atoms with van der Waals surface area (Å²) >= 11 is 0. The molecule has 0 N–H and O–H groups in total. The average molecular weight is 1410 g/mol. The molecule has 0 spiro atoms. The Morgan fingerprint density at radius 2 is 0.633 bits per heavy atom. The molecule has 2 aliphatic heterocycles. The summed E-state index contributed by atoms with van der Waals surface area (Å²) in [6.45, 7) is -1.02. The molecule has 17 aromatic carbocycles. The van der Waals surface area contributed by atoms with Gasteiger partial charge in [0.2, 0.25) is 0 Å². The Morgan fingerprint density at radius 3 is 1.12 bits per heavy atom. The molecule has 7 heteroatoms. The lowest BCUT2D eigenvalue weighted by Gasteiger charge is -2.45. The molecular weight excluding hydrogens is 1320 g/mol. The standard InChI is InChI=1S/C102H67BN6/c1-7-30-68(31-8-1)72-60-73(69-32-9-2-10-33-69)62-79(61-72)108-97-64-77(105-91-49-24-19-42-83(91)84-43-20-25-50-92(84)105)54-57-89(97)103-90-58-55-78(106-95-53-28-23-46-87(95)88-63-76(56-59-96(88)106)104(74-38-15-5-16-39-74)75-40-17-6-18-41-75)65-98(90)109(102-81(70-34-11-3-12-35-70)47-29-48-82(102)71-36-13-4-14-37-71)100-67-80(66-99(108)101(100)103)107-93-51-26-21-44-85(93)86-45-22-27-52-94(86)107/h1-67H/i5D,15D,16D,19D,20D,21D,22D,23D,24D,25D,26D,27D,28D,38D,39D,42D,43D,44D,45D,46D,49D,50D,51D,52D,53D. The first-order valence-corrected chi connectivity index (χ1v) is 35.5. The molecule has 3 aromatic heterocycles. The van der Waals surface area contributed by atoms with Crippen LogP contribution < -0.4 is 31.1 Å². The minimum absolute atomic E-state index is 0.0122. The van der Waals surface area contributed by atoms with Crippen molar-refractivity contribution >= 4 is 140 Å². The zero-order valence-corrected chi connectivity index (χ0v) is 57.5. The largest absolute Gasteiger partial charge is 0.311 e. The normalized spacial score (nSPS) is 15.6. The predicted octanol–water partition coefficient (Wildman–Crippen LogP) is 25.2. The molecule has 0 saturated carbocycles. The first kappa shape index (κ1) is 41.9. The first-order valence-electron chi connectivity index (χ1n) is 48.0. The van der Waals surface area contributed by atoms with Gasteiger partial charge in [-0.05, 0) is 177 Å². The molecule has 0 saturated heterocycles. The second-order valence-electron chi connectivity index (χ2n) is 26.9. The van der Waals surface area contributed by atoms with Crippen molar-refractivity contribution in [2.24, 2.45) is 0 Å². The van der Waals surface area contributed by atoms with Gasteiger partial charge in [0.15, 0.2) is 0 Å². The van der Waals surface area contributed by atoms with E-state index in [1.54, 1.807) is 65.2 Å². The van der Waals surface area contributed by atoms with E-state index in [2.05, 4.69) is 11.0 Å². The highest BCUT2D eigenvalue weighted by Gasteiger charge is 2.45. The molecule has 0 radical (unpaired) electrons. The molecule has 0 aliphatic carbocycles. The molecule has 0 amide bonds. The lowest BCUT2D eigenvalue weighted by molar-refractivity contribution is 1.15. The Balaban J connectivity index is 0.943. The predicted molar refractivity (Wildman–Crippen MR) is 460 cm³/mol. The number of para-hydroxylation sites is 8. The number of rotatable bonds is 12. The van der Waals surface area contributed by atoms with Crippen LogP contribution in [0.5, 0.6) is 0 Å². The zero-order valence-electron chi connectivity index (χ0n) is 82.5. The molecule has 508 valence electrons. The minimum Gasteiger partial charge on any atom is -0.311 e. The third-order valence-corrected chi connectivity index (χ3v) is 21.0. The second-order valence-corrected chi connectivity index (χ2v) is 26.9. The summed E-state index contributed by atoms with van der Waals surface area (Å²) in [5.74, 6) is 0. The van der Waals surface area contributed by atoms with Gasteiger partial charge >= 0.3 is 0 Å². The van der Waals surface area contributed by atoms with Crippen molar-refractivity contribution < 1.29 is 34.3 Å². The van der Waals surface area contributed by atoms with Crippen molar-refractivity contribution in [1.82, 2.24) is 13.7 Å². The van der Waals surface area contributed by atoms with Gasteiger partial charge in [0.25, 0.3) is 6.71 Å². The third-order valence-electron chi connectivity index (χ3n) is 21.0. The molecule has 0 bridgehead atoms. The summed E-state index contributed by atoms with van der Waals surface area (Å²) in [5.41, 5.74) is 10.5. The van der Waals surface area contributed by atoms with Crippen molar-refractivity contribution in [3.8, 4) is 61.6 Å². The summed E-state index contributed by atoms with van der Waals surface area (Å²) < 4.78 is 243. The van der Waals surface area contributed by atoms with Crippen LogP contribution in [-0.4, -0.2) is 20.4 Å². The summed E-state index contributed by atoms with van der Waals surface area (Å²) in [6, 6.07) is 64.5. The van der Waals surface area contributed by atoms with Gasteiger partial charge in [-0.3, -0.25) is 0 Å². The molecule has 0 atom stereocenters. The Morgan fingerprint density at radius 1 is 0.239 bits per heavy atom. The fourth-order valence-corrected chi connectivity index (χ4v) is 16.5. The molecule has 22 rings (SSSR count). The van der Waals surface area contributed by atoms with Crippen molar-refractivity contribution in [2.45, 2.75) is 0 Å². The average Bonchev–Trinajstić information content (AvgIpc) is 1.25. The van der Waals surface area contributed by atoms with Gasteiger partial charge in [-0.2, -0.15) is 0 Å². The lowest BCUT2D eigenvalue weighted by atomic mass is 9.33. The van der Waals surface area contributed by atoms with Crippen LogP contribution in [0.3, 0.4) is 0 Å². The second kappa shape index (κ2) is 25.2. The van der Waals surface area contributed by atoms with Crippen LogP contribution in [0, 0.1) is 0 Å². The van der Waals surface area contributed by atoms with Gasteiger partial charge in [0.1, 0.15) is 0 Å². The van der Waals surface area contributed by atoms with E-state index in [1.807, 2.05) is 193 Å². The number of hydrogen-bond donors (Lipinski definition) is 0. The van der Waals surface area contributed by atoms with Crippen molar-refractivity contribution in [1.29, 1.82) is 0 Å². The minimum atomic E-state index is -1.02. The highest BCUT2D eigenvalue weighted by molar-refractivity contribution is 7.00. The number of fused-ring (bicyclic) bond motifs is 13. The number of benzene rings is 17. The van der Waals surface area contributed by atoms with Crippen LogP contribution >= 0.6 is 0 Å². The van der Waals surface area contributed by atoms with Crippen molar-refractivity contribution in [3.05, 3.63) is 406 Å². The molecule has 6 nitrogen and oxygen atoms in total. The number of hydrogen-bond acceptors (Lipinski definition) is 3. The maximum atomic E-state index is 10.2. The molecule has 5 heterocycles. The summed E-state index contributed by atoms with van der Waals surface area (Å²) in [7, 11) is 0. The molecule has 2 aliphatic rings. The Labute approximate surface area is 667 Å². The Hall–Kier alpha value is -14.4. The number of aromatic nitrogens is 3.